The van der Waals surface area contributed by atoms with E-state index < -0.39 is 0 Å². The van der Waals surface area contributed by atoms with Gasteiger partial charge in [0.25, 0.3) is 0 Å². The molecule has 3 N–H and O–H groups in total. The van der Waals surface area contributed by atoms with E-state index in [9.17, 15) is 0 Å². The highest BCUT2D eigenvalue weighted by Crippen LogP contribution is 2.08. The standard InChI is InChI=1S/C10H18ClN3/c1-3-12-5-8(2)13-7-10-4-9(11)6-14-10/h4,6,8,12-14H,3,5,7H2,1-2H3. The van der Waals surface area contributed by atoms with Gasteiger partial charge in [0.05, 0.1) is 5.02 Å². The van der Waals surface area contributed by atoms with Gasteiger partial charge in [-0.3, -0.25) is 0 Å². The van der Waals surface area contributed by atoms with Crippen molar-refractivity contribution in [1.82, 2.24) is 15.6 Å². The molecule has 1 aromatic rings. The molecule has 1 unspecified atom stereocenters. The molecular weight excluding hydrogens is 198 g/mol. The maximum Gasteiger partial charge on any atom is 0.0583 e. The first-order chi connectivity index (χ1) is 6.72. The van der Waals surface area contributed by atoms with Crippen molar-refractivity contribution in [3.63, 3.8) is 0 Å². The summed E-state index contributed by atoms with van der Waals surface area (Å²) in [6.45, 7) is 7.11. The molecule has 0 fully saturated rings. The zero-order valence-electron chi connectivity index (χ0n) is 8.73. The normalized spacial score (nSPS) is 13.1. The van der Waals surface area contributed by atoms with Crippen LogP contribution in [0, 0.1) is 0 Å². The Morgan fingerprint density at radius 3 is 2.93 bits per heavy atom. The summed E-state index contributed by atoms with van der Waals surface area (Å²) in [5.41, 5.74) is 1.12. The molecule has 3 nitrogen and oxygen atoms in total. The average molecular weight is 216 g/mol. The number of halogens is 1. The Morgan fingerprint density at radius 2 is 2.36 bits per heavy atom. The van der Waals surface area contributed by atoms with E-state index in [-0.39, 0.29) is 0 Å². The Hall–Kier alpha value is -0.510. The Bertz CT molecular complexity index is 260. The second kappa shape index (κ2) is 6.06. The van der Waals surface area contributed by atoms with E-state index in [1.807, 2.05) is 6.07 Å². The van der Waals surface area contributed by atoms with Gasteiger partial charge in [-0.1, -0.05) is 18.5 Å². The van der Waals surface area contributed by atoms with Crippen molar-refractivity contribution in [1.29, 1.82) is 0 Å². The molecule has 4 heteroatoms. The lowest BCUT2D eigenvalue weighted by Crippen LogP contribution is -2.35. The molecule has 0 bridgehead atoms. The van der Waals surface area contributed by atoms with E-state index in [1.54, 1.807) is 6.20 Å². The average Bonchev–Trinajstić information content (AvgIpc) is 2.58. The van der Waals surface area contributed by atoms with Crippen LogP contribution in [0.4, 0.5) is 0 Å². The SMILES string of the molecule is CCNCC(C)NCc1cc(Cl)c[nH]1. The van der Waals surface area contributed by atoms with Gasteiger partial charge in [-0.25, -0.2) is 0 Å². The lowest BCUT2D eigenvalue weighted by Gasteiger charge is -2.13. The van der Waals surface area contributed by atoms with Gasteiger partial charge in [0.15, 0.2) is 0 Å². The summed E-state index contributed by atoms with van der Waals surface area (Å²) in [5.74, 6) is 0. The highest BCUT2D eigenvalue weighted by Gasteiger charge is 2.01. The van der Waals surface area contributed by atoms with E-state index in [0.717, 1.165) is 30.4 Å². The molecule has 1 heterocycles. The van der Waals surface area contributed by atoms with Gasteiger partial charge in [-0.2, -0.15) is 0 Å². The third-order valence-corrected chi connectivity index (χ3v) is 2.27. The molecule has 1 atom stereocenters. The van der Waals surface area contributed by atoms with Crippen molar-refractivity contribution < 1.29 is 0 Å². The van der Waals surface area contributed by atoms with Crippen molar-refractivity contribution >= 4 is 11.6 Å². The summed E-state index contributed by atoms with van der Waals surface area (Å²) in [5, 5.41) is 7.45. The van der Waals surface area contributed by atoms with Gasteiger partial charge >= 0.3 is 0 Å². The van der Waals surface area contributed by atoms with E-state index in [0.29, 0.717) is 6.04 Å². The Labute approximate surface area is 90.2 Å². The van der Waals surface area contributed by atoms with Crippen molar-refractivity contribution in [2.45, 2.75) is 26.4 Å². The molecule has 14 heavy (non-hydrogen) atoms. The smallest absolute Gasteiger partial charge is 0.0583 e. The van der Waals surface area contributed by atoms with Crippen molar-refractivity contribution in [3.05, 3.63) is 23.0 Å². The minimum Gasteiger partial charge on any atom is -0.363 e. The van der Waals surface area contributed by atoms with Crippen LogP contribution >= 0.6 is 11.6 Å². The van der Waals surface area contributed by atoms with E-state index >= 15 is 0 Å². The van der Waals surface area contributed by atoms with Gasteiger partial charge in [0.1, 0.15) is 0 Å². The number of H-pyrrole nitrogens is 1. The molecular formula is C10H18ClN3. The van der Waals surface area contributed by atoms with Gasteiger partial charge in [0.2, 0.25) is 0 Å². The van der Waals surface area contributed by atoms with Crippen LogP contribution in [0.1, 0.15) is 19.5 Å². The van der Waals surface area contributed by atoms with Gasteiger partial charge in [-0.05, 0) is 19.5 Å². The third kappa shape index (κ3) is 4.13. The van der Waals surface area contributed by atoms with E-state index in [4.69, 9.17) is 11.6 Å². The van der Waals surface area contributed by atoms with Gasteiger partial charge in [-0.15, -0.1) is 0 Å². The number of rotatable bonds is 6. The highest BCUT2D eigenvalue weighted by molar-refractivity contribution is 6.30. The fraction of sp³-hybridized carbons (Fsp3) is 0.600. The quantitative estimate of drug-likeness (QED) is 0.677. The monoisotopic (exact) mass is 215 g/mol. The largest absolute Gasteiger partial charge is 0.363 e. The van der Waals surface area contributed by atoms with Crippen LogP contribution in [-0.2, 0) is 6.54 Å². The summed E-state index contributed by atoms with van der Waals surface area (Å²) >= 11 is 5.79. The number of likely N-dealkylation sites (N-methyl/N-ethyl adjacent to an activating group) is 1. The first-order valence-electron chi connectivity index (χ1n) is 4.99. The van der Waals surface area contributed by atoms with Crippen LogP contribution in [-0.4, -0.2) is 24.1 Å². The number of hydrogen-bond donors (Lipinski definition) is 3. The second-order valence-corrected chi connectivity index (χ2v) is 3.87. The van der Waals surface area contributed by atoms with Crippen molar-refractivity contribution in [2.75, 3.05) is 13.1 Å². The topological polar surface area (TPSA) is 39.8 Å². The summed E-state index contributed by atoms with van der Waals surface area (Å²) in [7, 11) is 0. The number of hydrogen-bond acceptors (Lipinski definition) is 2. The summed E-state index contributed by atoms with van der Waals surface area (Å²) in [4.78, 5) is 3.10. The lowest BCUT2D eigenvalue weighted by atomic mass is 10.3. The van der Waals surface area contributed by atoms with Crippen LogP contribution < -0.4 is 10.6 Å². The lowest BCUT2D eigenvalue weighted by molar-refractivity contribution is 0.506. The predicted octanol–water partition coefficient (Wildman–Crippen LogP) is 1.76. The Morgan fingerprint density at radius 1 is 1.57 bits per heavy atom. The van der Waals surface area contributed by atoms with Crippen LogP contribution in [0.25, 0.3) is 0 Å². The first-order valence-corrected chi connectivity index (χ1v) is 5.37. The van der Waals surface area contributed by atoms with Crippen LogP contribution in [0.3, 0.4) is 0 Å². The fourth-order valence-corrected chi connectivity index (χ4v) is 1.42. The van der Waals surface area contributed by atoms with E-state index in [2.05, 4.69) is 29.5 Å². The van der Waals surface area contributed by atoms with Crippen LogP contribution in [0.2, 0.25) is 5.02 Å². The molecule has 0 radical (unpaired) electrons. The minimum absolute atomic E-state index is 0.469. The van der Waals surface area contributed by atoms with Crippen LogP contribution in [0.15, 0.2) is 12.3 Å². The molecule has 0 aromatic carbocycles. The maximum atomic E-state index is 5.79. The van der Waals surface area contributed by atoms with E-state index in [1.165, 1.54) is 0 Å². The van der Waals surface area contributed by atoms with Gasteiger partial charge < -0.3 is 15.6 Å². The first kappa shape index (κ1) is 11.6. The molecule has 0 amide bonds. The van der Waals surface area contributed by atoms with Crippen LogP contribution in [0.5, 0.6) is 0 Å². The second-order valence-electron chi connectivity index (χ2n) is 3.43. The van der Waals surface area contributed by atoms with Crippen molar-refractivity contribution in [3.8, 4) is 0 Å². The molecule has 80 valence electrons. The molecule has 0 aliphatic rings. The molecule has 1 aromatic heterocycles. The van der Waals surface area contributed by atoms with Crippen molar-refractivity contribution in [2.24, 2.45) is 0 Å². The zero-order chi connectivity index (χ0) is 10.4. The summed E-state index contributed by atoms with van der Waals surface area (Å²) < 4.78 is 0. The fourth-order valence-electron chi connectivity index (χ4n) is 1.23. The Kier molecular flexibility index (Phi) is 5.01. The van der Waals surface area contributed by atoms with Gasteiger partial charge in [0, 0.05) is 31.0 Å². The molecule has 0 aliphatic heterocycles. The minimum atomic E-state index is 0.469. The summed E-state index contributed by atoms with van der Waals surface area (Å²) in [6.07, 6.45) is 1.80. The predicted molar refractivity (Wildman–Crippen MR) is 60.6 cm³/mol. The molecule has 0 aliphatic carbocycles. The molecule has 0 saturated carbocycles. The number of nitrogens with one attached hydrogen (secondary N) is 3. The molecule has 0 saturated heterocycles. The third-order valence-electron chi connectivity index (χ3n) is 2.05. The summed E-state index contributed by atoms with van der Waals surface area (Å²) in [6, 6.07) is 2.41. The molecule has 1 rings (SSSR count). The Balaban J connectivity index is 2.20. The molecule has 0 spiro atoms. The zero-order valence-corrected chi connectivity index (χ0v) is 9.49. The number of aromatic amines is 1. The maximum absolute atomic E-state index is 5.79. The number of aromatic nitrogens is 1. The highest BCUT2D eigenvalue weighted by atomic mass is 35.5.